The van der Waals surface area contributed by atoms with E-state index in [0.29, 0.717) is 49.1 Å². The molecule has 222 valence electrons. The molecule has 0 unspecified atom stereocenters. The third-order valence-electron chi connectivity index (χ3n) is 5.45. The number of methoxy groups -OCH3 is 3. The number of halogens is 2. The molecule has 2 aromatic heterocycles. The van der Waals surface area contributed by atoms with Crippen LogP contribution in [0.5, 0.6) is 17.2 Å². The molecule has 2 N–H and O–H groups in total. The van der Waals surface area contributed by atoms with Crippen LogP contribution >= 0.6 is 58.1 Å². The molecule has 0 saturated carbocycles. The minimum absolute atomic E-state index is 0.00183. The SMILES string of the molecule is CCSc1nnc(NC(=O)CSc2nnc(CNC(=O)c3cc(OC)c(OC)c(OC)c3)n2-c2ccc(Cl)c(Cl)c2)s1. The predicted molar refractivity (Wildman–Crippen MR) is 164 cm³/mol. The number of nitrogens with one attached hydrogen (secondary N) is 2. The lowest BCUT2D eigenvalue weighted by molar-refractivity contribution is -0.113. The number of benzene rings is 2. The Labute approximate surface area is 263 Å². The molecule has 0 fully saturated rings. The summed E-state index contributed by atoms with van der Waals surface area (Å²) in [6.07, 6.45) is 0. The minimum Gasteiger partial charge on any atom is -0.493 e. The second kappa shape index (κ2) is 14.8. The molecule has 2 heterocycles. The van der Waals surface area contributed by atoms with Gasteiger partial charge in [0.1, 0.15) is 0 Å². The average molecular weight is 671 g/mol. The third-order valence-corrected chi connectivity index (χ3v) is 8.97. The number of anilines is 1. The molecule has 0 spiro atoms. The first kappa shape index (κ1) is 31.7. The Hall–Kier alpha value is -3.24. The summed E-state index contributed by atoms with van der Waals surface area (Å²) in [5.74, 6) is 1.62. The van der Waals surface area contributed by atoms with Crippen molar-refractivity contribution in [3.8, 4) is 22.9 Å². The number of rotatable bonds is 13. The van der Waals surface area contributed by atoms with Crippen molar-refractivity contribution in [3.63, 3.8) is 0 Å². The molecule has 0 aliphatic heterocycles. The predicted octanol–water partition coefficient (Wildman–Crippen LogP) is 5.22. The first-order chi connectivity index (χ1) is 20.3. The molecule has 42 heavy (non-hydrogen) atoms. The van der Waals surface area contributed by atoms with Crippen LogP contribution in [0.25, 0.3) is 5.69 Å². The number of carbonyl (C=O) groups excluding carboxylic acids is 2. The maximum atomic E-state index is 13.1. The molecule has 12 nitrogen and oxygen atoms in total. The van der Waals surface area contributed by atoms with Gasteiger partial charge in [-0.15, -0.1) is 20.4 Å². The van der Waals surface area contributed by atoms with E-state index in [1.165, 1.54) is 32.7 Å². The van der Waals surface area contributed by atoms with Gasteiger partial charge in [-0.2, -0.15) is 0 Å². The monoisotopic (exact) mass is 669 g/mol. The Balaban J connectivity index is 1.53. The van der Waals surface area contributed by atoms with Crippen molar-refractivity contribution in [2.45, 2.75) is 23.0 Å². The molecule has 2 amide bonds. The average Bonchev–Trinajstić information content (AvgIpc) is 3.61. The summed E-state index contributed by atoms with van der Waals surface area (Å²) in [7, 11) is 4.41. The van der Waals surface area contributed by atoms with E-state index >= 15 is 0 Å². The van der Waals surface area contributed by atoms with Crippen LogP contribution in [0.2, 0.25) is 10.0 Å². The molecule has 0 aliphatic carbocycles. The second-order valence-electron chi connectivity index (χ2n) is 8.07. The van der Waals surface area contributed by atoms with Crippen molar-refractivity contribution in [2.24, 2.45) is 0 Å². The van der Waals surface area contributed by atoms with E-state index in [4.69, 9.17) is 37.4 Å². The summed E-state index contributed by atoms with van der Waals surface area (Å²) in [6.45, 7) is 2.01. The summed E-state index contributed by atoms with van der Waals surface area (Å²) < 4.78 is 18.5. The lowest BCUT2D eigenvalue weighted by atomic mass is 10.1. The van der Waals surface area contributed by atoms with Crippen LogP contribution in [0.3, 0.4) is 0 Å². The number of nitrogens with zero attached hydrogens (tertiary/aromatic N) is 5. The van der Waals surface area contributed by atoms with E-state index < -0.39 is 5.91 Å². The molecule has 0 radical (unpaired) electrons. The zero-order valence-electron chi connectivity index (χ0n) is 22.8. The Morgan fingerprint density at radius 3 is 2.33 bits per heavy atom. The van der Waals surface area contributed by atoms with Crippen LogP contribution in [-0.2, 0) is 11.3 Å². The lowest BCUT2D eigenvalue weighted by Crippen LogP contribution is -2.25. The zero-order chi connectivity index (χ0) is 30.2. The van der Waals surface area contributed by atoms with Gasteiger partial charge in [0, 0.05) is 5.56 Å². The van der Waals surface area contributed by atoms with Gasteiger partial charge >= 0.3 is 0 Å². The third kappa shape index (κ3) is 7.58. The summed E-state index contributed by atoms with van der Waals surface area (Å²) >= 11 is 16.4. The molecular formula is C25H25Cl2N7O5S3. The Morgan fingerprint density at radius 2 is 1.69 bits per heavy atom. The van der Waals surface area contributed by atoms with Gasteiger partial charge in [0.05, 0.1) is 49.4 Å². The van der Waals surface area contributed by atoms with Crippen molar-refractivity contribution in [1.29, 1.82) is 0 Å². The normalized spacial score (nSPS) is 10.8. The summed E-state index contributed by atoms with van der Waals surface area (Å²) in [6, 6.07) is 8.11. The summed E-state index contributed by atoms with van der Waals surface area (Å²) in [4.78, 5) is 25.8. The van der Waals surface area contributed by atoms with Crippen molar-refractivity contribution in [1.82, 2.24) is 30.3 Å². The van der Waals surface area contributed by atoms with Gasteiger partial charge in [-0.05, 0) is 36.1 Å². The molecule has 0 atom stereocenters. The topological polar surface area (TPSA) is 142 Å². The van der Waals surface area contributed by atoms with Crippen molar-refractivity contribution >= 4 is 75.0 Å². The van der Waals surface area contributed by atoms with Crippen LogP contribution in [-0.4, -0.2) is 69.6 Å². The number of carbonyl (C=O) groups is 2. The maximum Gasteiger partial charge on any atom is 0.251 e. The van der Waals surface area contributed by atoms with E-state index in [9.17, 15) is 9.59 Å². The fraction of sp³-hybridized carbons (Fsp3) is 0.280. The van der Waals surface area contributed by atoms with Gasteiger partial charge in [0.2, 0.25) is 16.8 Å². The largest absolute Gasteiger partial charge is 0.493 e. The summed E-state index contributed by atoms with van der Waals surface area (Å²) in [5, 5.41) is 23.7. The van der Waals surface area contributed by atoms with E-state index in [2.05, 4.69) is 31.0 Å². The van der Waals surface area contributed by atoms with Gasteiger partial charge in [-0.1, -0.05) is 65.0 Å². The van der Waals surface area contributed by atoms with Crippen molar-refractivity contribution < 1.29 is 23.8 Å². The van der Waals surface area contributed by atoms with Crippen LogP contribution in [0.1, 0.15) is 23.1 Å². The molecule has 4 rings (SSSR count). The highest BCUT2D eigenvalue weighted by atomic mass is 35.5. The van der Waals surface area contributed by atoms with Gasteiger partial charge in [0.25, 0.3) is 5.91 Å². The van der Waals surface area contributed by atoms with Crippen LogP contribution in [0, 0.1) is 0 Å². The number of ether oxygens (including phenoxy) is 3. The second-order valence-corrected chi connectivity index (χ2v) is 12.3. The van der Waals surface area contributed by atoms with E-state index in [-0.39, 0.29) is 23.8 Å². The Bertz CT molecular complexity index is 1560. The smallest absolute Gasteiger partial charge is 0.251 e. The number of hydrogen-bond acceptors (Lipinski definition) is 12. The standard InChI is InChI=1S/C25H25Cl2N7O5S3/c1-5-40-25-33-31-23(42-25)29-20(35)12-41-24-32-30-19(34(24)14-6-7-15(26)16(27)10-14)11-28-22(36)13-8-17(37-2)21(39-4)18(9-13)38-3/h6-10H,5,11-12H2,1-4H3,(H,28,36)(H,29,31,35). The molecule has 0 bridgehead atoms. The molecular weight excluding hydrogens is 645 g/mol. The lowest BCUT2D eigenvalue weighted by Gasteiger charge is -2.14. The highest BCUT2D eigenvalue weighted by Gasteiger charge is 2.20. The van der Waals surface area contributed by atoms with Gasteiger partial charge in [-0.25, -0.2) is 0 Å². The quantitative estimate of drug-likeness (QED) is 0.143. The van der Waals surface area contributed by atoms with Crippen LogP contribution in [0.15, 0.2) is 39.8 Å². The van der Waals surface area contributed by atoms with Crippen LogP contribution in [0.4, 0.5) is 5.13 Å². The number of aromatic nitrogens is 5. The van der Waals surface area contributed by atoms with Crippen molar-refractivity contribution in [2.75, 3.05) is 38.2 Å². The first-order valence-electron chi connectivity index (χ1n) is 12.1. The van der Waals surface area contributed by atoms with E-state index in [1.54, 1.807) is 46.7 Å². The zero-order valence-corrected chi connectivity index (χ0v) is 26.7. The Kier molecular flexibility index (Phi) is 11.2. The number of amides is 2. The Morgan fingerprint density at radius 1 is 0.952 bits per heavy atom. The first-order valence-corrected chi connectivity index (χ1v) is 15.7. The molecule has 2 aromatic carbocycles. The minimum atomic E-state index is -0.413. The van der Waals surface area contributed by atoms with Crippen molar-refractivity contribution in [3.05, 3.63) is 51.8 Å². The highest BCUT2D eigenvalue weighted by molar-refractivity contribution is 8.01. The summed E-state index contributed by atoms with van der Waals surface area (Å²) in [5.41, 5.74) is 0.883. The molecule has 4 aromatic rings. The number of thioether (sulfide) groups is 2. The molecule has 0 saturated heterocycles. The number of hydrogen-bond donors (Lipinski definition) is 2. The molecule has 17 heteroatoms. The fourth-order valence-electron chi connectivity index (χ4n) is 3.59. The highest BCUT2D eigenvalue weighted by Crippen LogP contribution is 2.38. The maximum absolute atomic E-state index is 13.1. The molecule has 0 aliphatic rings. The fourth-order valence-corrected chi connectivity index (χ4v) is 6.32. The van der Waals surface area contributed by atoms with E-state index in [0.717, 1.165) is 21.9 Å². The van der Waals surface area contributed by atoms with Crippen LogP contribution < -0.4 is 24.8 Å². The van der Waals surface area contributed by atoms with Gasteiger partial charge < -0.3 is 19.5 Å². The van der Waals surface area contributed by atoms with Gasteiger partial charge in [0.15, 0.2) is 26.8 Å². The van der Waals surface area contributed by atoms with Gasteiger partial charge in [-0.3, -0.25) is 19.5 Å². The van der Waals surface area contributed by atoms with E-state index in [1.807, 2.05) is 6.92 Å².